The van der Waals surface area contributed by atoms with Crippen molar-refractivity contribution < 1.29 is 39.1 Å². The van der Waals surface area contributed by atoms with Crippen molar-refractivity contribution in [2.45, 2.75) is 187 Å². The minimum atomic E-state index is -1.03. The molecule has 3 heterocycles. The fraction of sp³-hybridized carbons (Fsp3) is 0.819. The Morgan fingerprint density at radius 1 is 0.576 bits per heavy atom. The summed E-state index contributed by atoms with van der Waals surface area (Å²) in [5.41, 5.74) is 49.9. The van der Waals surface area contributed by atoms with E-state index in [0.717, 1.165) is 100 Å². The first-order valence-corrected chi connectivity index (χ1v) is 45.2. The highest BCUT2D eigenvalue weighted by atomic mass is 32.2. The van der Waals surface area contributed by atoms with Crippen molar-refractivity contribution in [1.82, 2.24) is 0 Å². The molecule has 30 aliphatic rings. The number of aliphatic hydroxyl groups excluding tert-OH is 2. The number of hydrogen-bond acceptors (Lipinski definition) is 16. The standard InChI is InChI=1S/C83H96N4O8S4/c84-9-13-96-76-24-32-23-75-67-54-43(32)55-50-49-46-34(3-1-28(21-41(76)90)44(46)68(55)76)37-22-42-78(93-42)8-7-29-17-30-18-31-19-38-40(92-26-88)20-27-2-4-35-33-5-6-36-39(89)25-77(74(75)94-75,97-14-10-85)69-48(36)47(33)70-59(61(67)69)58-52(54)51(50)57-53-56(49)65(37)81(78,98-15-11-86)63(29)60(53)62(30)79(91)71(57)72(58)83-80(70,95-83)64(35)45(27)66(38)82(83,73(31)79)99-16-12-87/h26-34,37-43,46-47,49-52,55-56,60-63,65,69-74,89-91H,1-25,84-87H2. The van der Waals surface area contributed by atoms with Crippen LogP contribution in [-0.4, -0.2) is 148 Å². The van der Waals surface area contributed by atoms with Crippen LogP contribution in [0.2, 0.25) is 0 Å². The molecule has 27 aliphatic carbocycles. The lowest BCUT2D eigenvalue weighted by Gasteiger charge is -2.86. The van der Waals surface area contributed by atoms with Crippen LogP contribution in [0, 0.1) is 172 Å². The van der Waals surface area contributed by atoms with Gasteiger partial charge in [0.25, 0.3) is 6.47 Å². The van der Waals surface area contributed by atoms with Gasteiger partial charge in [0.2, 0.25) is 0 Å². The number of ether oxygens (including phenoxy) is 4. The van der Waals surface area contributed by atoms with E-state index < -0.39 is 44.1 Å². The smallest absolute Gasteiger partial charge is 0.293 e. The molecule has 43 atom stereocenters. The highest BCUT2D eigenvalue weighted by Gasteiger charge is 3.02. The van der Waals surface area contributed by atoms with Crippen LogP contribution in [0.5, 0.6) is 0 Å². The topological polar surface area (TPSA) is 229 Å². The van der Waals surface area contributed by atoms with Crippen LogP contribution in [0.3, 0.4) is 0 Å². The van der Waals surface area contributed by atoms with Gasteiger partial charge in [-0.15, -0.1) is 23.5 Å². The number of rotatable bonds is 14. The summed E-state index contributed by atoms with van der Waals surface area (Å²) in [6.07, 6.45) is 17.4. The first-order valence-electron chi connectivity index (χ1n) is 41.2. The van der Waals surface area contributed by atoms with Crippen LogP contribution in [0.15, 0.2) is 78.0 Å². The van der Waals surface area contributed by atoms with E-state index in [1.807, 2.05) is 33.4 Å². The average Bonchev–Trinajstić information content (AvgIpc) is 1.45. The van der Waals surface area contributed by atoms with E-state index in [4.69, 9.17) is 37.1 Å². The lowest BCUT2D eigenvalue weighted by atomic mass is 9.20. The summed E-state index contributed by atoms with van der Waals surface area (Å²) in [6.45, 7) is 3.33. The summed E-state index contributed by atoms with van der Waals surface area (Å²) in [5, 5.41) is 45.1. The van der Waals surface area contributed by atoms with Gasteiger partial charge in [0.15, 0.2) is 0 Å². The maximum atomic E-state index is 17.4. The number of hydrogen-bond donors (Lipinski definition) is 7. The number of carbonyl (C=O) groups is 1. The van der Waals surface area contributed by atoms with Gasteiger partial charge in [-0.3, -0.25) is 4.79 Å². The predicted molar refractivity (Wildman–Crippen MR) is 376 cm³/mol. The van der Waals surface area contributed by atoms with Gasteiger partial charge in [-0.25, -0.2) is 0 Å². The number of allylic oxidation sites excluding steroid dienone is 5. The number of thioether (sulfide) groups is 4. The van der Waals surface area contributed by atoms with E-state index in [1.54, 1.807) is 39.0 Å². The highest BCUT2D eigenvalue weighted by Crippen LogP contribution is 2.99. The molecule has 520 valence electrons. The zero-order valence-corrected chi connectivity index (χ0v) is 60.0. The molecule has 0 amide bonds. The molecule has 0 aromatic heterocycles. The Hall–Kier alpha value is -1.35. The Kier molecular flexibility index (Phi) is 9.55. The summed E-state index contributed by atoms with van der Waals surface area (Å²) in [5.74, 6) is 12.5. The summed E-state index contributed by atoms with van der Waals surface area (Å²) in [7, 11) is 0. The second kappa shape index (κ2) is 16.6. The van der Waals surface area contributed by atoms with Gasteiger partial charge < -0.3 is 57.2 Å². The molecule has 0 radical (unpaired) electrons. The van der Waals surface area contributed by atoms with E-state index in [1.165, 1.54) is 44.1 Å². The van der Waals surface area contributed by atoms with Crippen LogP contribution < -0.4 is 22.9 Å². The van der Waals surface area contributed by atoms with Crippen molar-refractivity contribution >= 4 is 53.5 Å². The van der Waals surface area contributed by atoms with Crippen molar-refractivity contribution in [1.29, 1.82) is 0 Å². The average molecular weight is 1410 g/mol. The van der Waals surface area contributed by atoms with Crippen LogP contribution in [0.4, 0.5) is 0 Å². The molecular weight excluding hydrogens is 1310 g/mol. The van der Waals surface area contributed by atoms with Gasteiger partial charge in [-0.2, -0.15) is 23.5 Å². The first-order chi connectivity index (χ1) is 48.5. The van der Waals surface area contributed by atoms with E-state index in [-0.39, 0.29) is 104 Å². The second-order valence-corrected chi connectivity index (χ2v) is 45.9. The van der Waals surface area contributed by atoms with Crippen molar-refractivity contribution in [3.63, 3.8) is 0 Å². The van der Waals surface area contributed by atoms with Gasteiger partial charge in [0, 0.05) is 96.5 Å². The monoisotopic (exact) mass is 1400 g/mol. The predicted octanol–water partition coefficient (Wildman–Crippen LogP) is 8.43. The molecule has 0 aromatic carbocycles. The Labute approximate surface area is 597 Å². The Morgan fingerprint density at radius 3 is 2.26 bits per heavy atom. The van der Waals surface area contributed by atoms with Gasteiger partial charge in [0.05, 0.1) is 42.9 Å². The molecule has 0 bridgehead atoms. The molecule has 3 aliphatic heterocycles. The van der Waals surface area contributed by atoms with Gasteiger partial charge in [0.1, 0.15) is 34.6 Å². The zero-order chi connectivity index (χ0) is 64.3. The van der Waals surface area contributed by atoms with Crippen LogP contribution in [0.25, 0.3) is 0 Å². The van der Waals surface area contributed by atoms with Crippen LogP contribution >= 0.6 is 47.0 Å². The van der Waals surface area contributed by atoms with Gasteiger partial charge >= 0.3 is 0 Å². The van der Waals surface area contributed by atoms with Gasteiger partial charge in [-0.05, 0) is 267 Å². The number of aliphatic hydroxyl groups is 3. The van der Waals surface area contributed by atoms with E-state index in [2.05, 4.69) is 47.0 Å². The Bertz CT molecular complexity index is 4370. The molecule has 30 rings (SSSR count). The van der Waals surface area contributed by atoms with Crippen LogP contribution in [-0.2, 0) is 23.7 Å². The molecular formula is C83H96N4O8S4. The summed E-state index contributed by atoms with van der Waals surface area (Å²) in [6, 6.07) is 0. The number of fused-ring (bicyclic) bond motifs is 3. The van der Waals surface area contributed by atoms with Crippen molar-refractivity contribution in [2.24, 2.45) is 195 Å². The number of nitrogens with two attached hydrogens (primary N) is 4. The minimum Gasteiger partial charge on any atom is -0.464 e. The summed E-state index contributed by atoms with van der Waals surface area (Å²) in [4.78, 5) is 13.5. The number of carbonyl (C=O) groups excluding carboxylic acids is 1. The van der Waals surface area contributed by atoms with E-state index in [9.17, 15) is 19.7 Å². The Balaban J connectivity index is 0.810. The summed E-state index contributed by atoms with van der Waals surface area (Å²) < 4.78 is 31.1. The van der Waals surface area contributed by atoms with E-state index in [0.29, 0.717) is 127 Å². The van der Waals surface area contributed by atoms with Crippen molar-refractivity contribution in [3.05, 3.63) is 78.0 Å². The molecule has 3 saturated heterocycles. The highest BCUT2D eigenvalue weighted by molar-refractivity contribution is 8.01. The Morgan fingerprint density at radius 2 is 1.39 bits per heavy atom. The molecule has 4 spiro atoms. The molecule has 17 fully saturated rings. The molecule has 43 unspecified atom stereocenters. The van der Waals surface area contributed by atoms with E-state index >= 15 is 5.11 Å². The molecule has 11 N–H and O–H groups in total. The third kappa shape index (κ3) is 4.89. The summed E-state index contributed by atoms with van der Waals surface area (Å²) >= 11 is 8.90. The lowest BCUT2D eigenvalue weighted by Crippen LogP contribution is -2.88. The maximum Gasteiger partial charge on any atom is 0.293 e. The fourth-order valence-electron chi connectivity index (χ4n) is 40.5. The normalized spacial score (nSPS) is 66.3. The third-order valence-corrected chi connectivity index (χ3v) is 46.7. The molecule has 12 nitrogen and oxygen atoms in total. The minimum absolute atomic E-state index is 0.00418. The third-order valence-electron chi connectivity index (χ3n) is 40.0. The van der Waals surface area contributed by atoms with Crippen molar-refractivity contribution in [3.8, 4) is 0 Å². The largest absolute Gasteiger partial charge is 0.464 e. The number of epoxide rings is 3. The van der Waals surface area contributed by atoms with Crippen molar-refractivity contribution in [2.75, 3.05) is 49.2 Å². The maximum absolute atomic E-state index is 17.4. The van der Waals surface area contributed by atoms with Crippen LogP contribution in [0.1, 0.15) is 109 Å². The first kappa shape index (κ1) is 56.9. The second-order valence-electron chi connectivity index (χ2n) is 40.3. The molecule has 99 heavy (non-hydrogen) atoms. The fourth-order valence-corrected chi connectivity index (χ4v) is 47.6. The van der Waals surface area contributed by atoms with Gasteiger partial charge in [-0.1, -0.05) is 44.6 Å². The zero-order valence-electron chi connectivity index (χ0n) is 56.7. The lowest BCUT2D eigenvalue weighted by molar-refractivity contribution is -0.292. The quantitative estimate of drug-likeness (QED) is 0.0492. The molecule has 0 aromatic rings. The molecule has 14 saturated carbocycles. The molecule has 16 heteroatoms. The SMILES string of the molecule is NCCSC12CC3CC45OC4C4(SCCN)CC(O)C6=C7C8C(CC6)C6=C9C%10=C%11C(CC%12CC%13CC%14CCC%15%16OC%15CC%15C%17CCC(CC1O)C1=C2C2C3C3=C5C(C5=C%18C3C3C%19=C%20C(C%13C%13(O)C%19C%18C%18(OC9%18C58)C%11(SCCN)C%12%13)C%14C%16(SCCN)C%15C%20C(C1%17)C32)C74)C(OC=O)CC%10CC6.